The fraction of sp³-hybridized carbons (Fsp3) is 0.500. The summed E-state index contributed by atoms with van der Waals surface area (Å²) in [6.07, 6.45) is 9.87. The summed E-state index contributed by atoms with van der Waals surface area (Å²) in [5.41, 5.74) is 1.47. The summed E-state index contributed by atoms with van der Waals surface area (Å²) >= 11 is 0. The van der Waals surface area contributed by atoms with E-state index in [4.69, 9.17) is 0 Å². The predicted molar refractivity (Wildman–Crippen MR) is 90.9 cm³/mol. The lowest BCUT2D eigenvalue weighted by atomic mass is 9.72. The number of aliphatic hydroxyl groups excluding tert-OH is 1. The van der Waals surface area contributed by atoms with Gasteiger partial charge in [-0.2, -0.15) is 0 Å². The molecule has 2 N–H and O–H groups in total. The number of amides is 1. The molecule has 24 heavy (non-hydrogen) atoms. The van der Waals surface area contributed by atoms with Crippen molar-refractivity contribution in [3.05, 3.63) is 42.2 Å². The molecule has 0 spiro atoms. The average molecular weight is 328 g/mol. The van der Waals surface area contributed by atoms with E-state index in [9.17, 15) is 9.90 Å². The smallest absolute Gasteiger partial charge is 0.251 e. The van der Waals surface area contributed by atoms with E-state index in [2.05, 4.69) is 15.6 Å². The van der Waals surface area contributed by atoms with Crippen LogP contribution in [0.3, 0.4) is 0 Å². The fourth-order valence-corrected chi connectivity index (χ4v) is 3.56. The highest BCUT2D eigenvalue weighted by Gasteiger charge is 2.31. The Balaban J connectivity index is 1.67. The van der Waals surface area contributed by atoms with Crippen LogP contribution in [-0.2, 0) is 0 Å². The SMILES string of the molecule is O=C(NCC1(CCO)CCCCC1)c1cccc(-n2ccnn2)c1. The molecule has 6 nitrogen and oxygen atoms in total. The molecular formula is C18H24N4O2. The van der Waals surface area contributed by atoms with E-state index in [0.717, 1.165) is 24.9 Å². The van der Waals surface area contributed by atoms with Crippen LogP contribution >= 0.6 is 0 Å². The lowest BCUT2D eigenvalue weighted by Gasteiger charge is -2.37. The van der Waals surface area contributed by atoms with Crippen molar-refractivity contribution in [3.63, 3.8) is 0 Å². The van der Waals surface area contributed by atoms with Crippen LogP contribution in [0.2, 0.25) is 0 Å². The minimum atomic E-state index is -0.0835. The lowest BCUT2D eigenvalue weighted by molar-refractivity contribution is 0.0869. The molecule has 1 amide bonds. The molecule has 0 saturated heterocycles. The summed E-state index contributed by atoms with van der Waals surface area (Å²) < 4.78 is 1.63. The largest absolute Gasteiger partial charge is 0.396 e. The van der Waals surface area contributed by atoms with Crippen molar-refractivity contribution in [1.29, 1.82) is 0 Å². The second kappa shape index (κ2) is 7.57. The first-order chi connectivity index (χ1) is 11.7. The summed E-state index contributed by atoms with van der Waals surface area (Å²) in [4.78, 5) is 12.5. The van der Waals surface area contributed by atoms with E-state index in [1.54, 1.807) is 23.1 Å². The molecule has 128 valence electrons. The van der Waals surface area contributed by atoms with Gasteiger partial charge < -0.3 is 10.4 Å². The Kier molecular flexibility index (Phi) is 5.25. The Morgan fingerprint density at radius 1 is 1.29 bits per heavy atom. The third-order valence-electron chi connectivity index (χ3n) is 4.98. The quantitative estimate of drug-likeness (QED) is 0.853. The number of rotatable bonds is 6. The highest BCUT2D eigenvalue weighted by molar-refractivity contribution is 5.94. The molecular weight excluding hydrogens is 304 g/mol. The van der Waals surface area contributed by atoms with Crippen LogP contribution in [0.25, 0.3) is 5.69 Å². The molecule has 1 aromatic heterocycles. The van der Waals surface area contributed by atoms with Gasteiger partial charge in [-0.15, -0.1) is 5.10 Å². The van der Waals surface area contributed by atoms with Crippen LogP contribution in [0.1, 0.15) is 48.9 Å². The zero-order chi connectivity index (χ0) is 16.8. The summed E-state index contributed by atoms with van der Waals surface area (Å²) in [6, 6.07) is 7.34. The van der Waals surface area contributed by atoms with Crippen molar-refractivity contribution in [2.24, 2.45) is 5.41 Å². The minimum absolute atomic E-state index is 0.0478. The number of nitrogens with zero attached hydrogens (tertiary/aromatic N) is 3. The van der Waals surface area contributed by atoms with Gasteiger partial charge in [-0.25, -0.2) is 4.68 Å². The summed E-state index contributed by atoms with van der Waals surface area (Å²) in [6.45, 7) is 0.803. The van der Waals surface area contributed by atoms with Gasteiger partial charge in [0.15, 0.2) is 0 Å². The maximum Gasteiger partial charge on any atom is 0.251 e. The molecule has 1 heterocycles. The van der Waals surface area contributed by atoms with E-state index < -0.39 is 0 Å². The first kappa shape index (κ1) is 16.6. The zero-order valence-electron chi connectivity index (χ0n) is 13.8. The van der Waals surface area contributed by atoms with Crippen molar-refractivity contribution >= 4 is 5.91 Å². The normalized spacial score (nSPS) is 16.7. The van der Waals surface area contributed by atoms with E-state index in [0.29, 0.717) is 12.1 Å². The molecule has 0 radical (unpaired) electrons. The number of benzene rings is 1. The van der Waals surface area contributed by atoms with E-state index in [1.165, 1.54) is 19.3 Å². The molecule has 0 unspecified atom stereocenters. The average Bonchev–Trinajstić information content (AvgIpc) is 3.16. The van der Waals surface area contributed by atoms with Gasteiger partial charge in [-0.3, -0.25) is 4.79 Å². The number of carbonyl (C=O) groups excluding carboxylic acids is 1. The van der Waals surface area contributed by atoms with Crippen LogP contribution in [0.15, 0.2) is 36.7 Å². The topological polar surface area (TPSA) is 80.0 Å². The van der Waals surface area contributed by atoms with Crippen LogP contribution in [0.5, 0.6) is 0 Å². The molecule has 0 bridgehead atoms. The van der Waals surface area contributed by atoms with E-state index in [-0.39, 0.29) is 17.9 Å². The summed E-state index contributed by atoms with van der Waals surface area (Å²) in [5.74, 6) is -0.0835. The van der Waals surface area contributed by atoms with Gasteiger partial charge in [-0.1, -0.05) is 30.5 Å². The third-order valence-corrected chi connectivity index (χ3v) is 4.98. The van der Waals surface area contributed by atoms with Crippen LogP contribution in [-0.4, -0.2) is 39.2 Å². The Hall–Kier alpha value is -2.21. The maximum absolute atomic E-state index is 12.5. The fourth-order valence-electron chi connectivity index (χ4n) is 3.56. The number of nitrogens with one attached hydrogen (secondary N) is 1. The summed E-state index contributed by atoms with van der Waals surface area (Å²) in [5, 5.41) is 20.2. The van der Waals surface area contributed by atoms with Crippen LogP contribution in [0.4, 0.5) is 0 Å². The molecule has 0 atom stereocenters. The molecule has 1 saturated carbocycles. The minimum Gasteiger partial charge on any atom is -0.396 e. The molecule has 0 aliphatic heterocycles. The predicted octanol–water partition coefficient (Wildman–Crippen LogP) is 2.33. The van der Waals surface area contributed by atoms with Gasteiger partial charge in [0, 0.05) is 18.7 Å². The van der Waals surface area contributed by atoms with Crippen molar-refractivity contribution < 1.29 is 9.90 Å². The Labute approximate surface area is 141 Å². The van der Waals surface area contributed by atoms with Gasteiger partial charge in [-0.05, 0) is 42.9 Å². The monoisotopic (exact) mass is 328 g/mol. The van der Waals surface area contributed by atoms with Crippen molar-refractivity contribution in [2.75, 3.05) is 13.2 Å². The van der Waals surface area contributed by atoms with Gasteiger partial charge in [0.1, 0.15) is 0 Å². The lowest BCUT2D eigenvalue weighted by Crippen LogP contribution is -2.39. The highest BCUT2D eigenvalue weighted by atomic mass is 16.3. The van der Waals surface area contributed by atoms with E-state index >= 15 is 0 Å². The van der Waals surface area contributed by atoms with E-state index in [1.807, 2.05) is 18.2 Å². The molecule has 6 heteroatoms. The van der Waals surface area contributed by atoms with Crippen LogP contribution < -0.4 is 5.32 Å². The standard InChI is InChI=1S/C18H24N4O2/c23-12-9-18(7-2-1-3-8-18)14-19-17(24)15-5-4-6-16(13-15)22-11-10-20-21-22/h4-6,10-11,13,23H,1-3,7-9,12,14H2,(H,19,24). The Bertz CT molecular complexity index is 658. The molecule has 1 aliphatic carbocycles. The van der Waals surface area contributed by atoms with Crippen molar-refractivity contribution in [2.45, 2.75) is 38.5 Å². The molecule has 1 fully saturated rings. The number of aliphatic hydroxyl groups is 1. The molecule has 2 aromatic rings. The van der Waals surface area contributed by atoms with Gasteiger partial charge in [0.05, 0.1) is 18.1 Å². The number of hydrogen-bond donors (Lipinski definition) is 2. The Morgan fingerprint density at radius 2 is 2.12 bits per heavy atom. The molecule has 1 aliphatic rings. The second-order valence-electron chi connectivity index (χ2n) is 6.61. The second-order valence-corrected chi connectivity index (χ2v) is 6.61. The summed E-state index contributed by atoms with van der Waals surface area (Å²) in [7, 11) is 0. The Morgan fingerprint density at radius 3 is 2.83 bits per heavy atom. The van der Waals surface area contributed by atoms with Gasteiger partial charge in [0.2, 0.25) is 0 Å². The van der Waals surface area contributed by atoms with Crippen molar-refractivity contribution in [1.82, 2.24) is 20.3 Å². The first-order valence-corrected chi connectivity index (χ1v) is 8.58. The zero-order valence-corrected chi connectivity index (χ0v) is 13.8. The van der Waals surface area contributed by atoms with Crippen LogP contribution in [0, 0.1) is 5.41 Å². The molecule has 3 rings (SSSR count). The van der Waals surface area contributed by atoms with Gasteiger partial charge in [0.25, 0.3) is 5.91 Å². The van der Waals surface area contributed by atoms with Crippen molar-refractivity contribution in [3.8, 4) is 5.69 Å². The number of hydrogen-bond acceptors (Lipinski definition) is 4. The number of aromatic nitrogens is 3. The molecule has 1 aromatic carbocycles. The maximum atomic E-state index is 12.5. The highest BCUT2D eigenvalue weighted by Crippen LogP contribution is 2.38. The number of carbonyl (C=O) groups is 1. The first-order valence-electron chi connectivity index (χ1n) is 8.58. The third kappa shape index (κ3) is 3.82. The van der Waals surface area contributed by atoms with Gasteiger partial charge >= 0.3 is 0 Å².